The maximum absolute atomic E-state index is 11.1. The van der Waals surface area contributed by atoms with E-state index >= 15 is 0 Å². The van der Waals surface area contributed by atoms with Crippen LogP contribution in [-0.4, -0.2) is 17.6 Å². The fourth-order valence-electron chi connectivity index (χ4n) is 1.68. The minimum atomic E-state index is -0.366. The lowest BCUT2D eigenvalue weighted by molar-refractivity contribution is -0.128. The van der Waals surface area contributed by atoms with Crippen LogP contribution < -0.4 is 0 Å². The summed E-state index contributed by atoms with van der Waals surface area (Å²) in [6, 6.07) is 0. The van der Waals surface area contributed by atoms with Crippen molar-refractivity contribution in [2.45, 2.75) is 40.7 Å². The smallest absolute Gasteiger partial charge is 0.192 e. The molecule has 0 saturated carbocycles. The molecule has 0 unspecified atom stereocenters. The lowest BCUT2D eigenvalue weighted by Gasteiger charge is -2.21. The van der Waals surface area contributed by atoms with Gasteiger partial charge in [0.05, 0.1) is 5.71 Å². The summed E-state index contributed by atoms with van der Waals surface area (Å²) >= 11 is 0. The van der Waals surface area contributed by atoms with Crippen LogP contribution in [0.25, 0.3) is 0 Å². The largest absolute Gasteiger partial charge is 0.384 e. The molecule has 2 atom stereocenters. The Kier molecular flexibility index (Phi) is 2.46. The summed E-state index contributed by atoms with van der Waals surface area (Å²) in [6.45, 7) is 9.77. The molecule has 13 heavy (non-hydrogen) atoms. The molecule has 1 aliphatic rings. The number of oxime groups is 1. The molecule has 3 heteroatoms. The molecule has 3 nitrogen and oxygen atoms in total. The zero-order valence-electron chi connectivity index (χ0n) is 8.92. The molecule has 0 aromatic heterocycles. The summed E-state index contributed by atoms with van der Waals surface area (Å²) in [6.07, 6.45) is -0.366. The van der Waals surface area contributed by atoms with E-state index in [1.54, 1.807) is 6.92 Å². The third kappa shape index (κ3) is 1.90. The lowest BCUT2D eigenvalue weighted by Crippen LogP contribution is -2.32. The predicted octanol–water partition coefficient (Wildman–Crippen LogP) is 2.01. The molecule has 0 amide bonds. The van der Waals surface area contributed by atoms with Gasteiger partial charge >= 0.3 is 0 Å². The van der Waals surface area contributed by atoms with Crippen molar-refractivity contribution in [2.24, 2.45) is 16.5 Å². The molecule has 0 aromatic carbocycles. The van der Waals surface area contributed by atoms with Crippen molar-refractivity contribution in [1.29, 1.82) is 0 Å². The number of nitrogens with zero attached hydrogens (tertiary/aromatic N) is 1. The molecule has 0 N–H and O–H groups in total. The number of hydrogen-bond donors (Lipinski definition) is 0. The van der Waals surface area contributed by atoms with Gasteiger partial charge in [-0.2, -0.15) is 0 Å². The van der Waals surface area contributed by atoms with Crippen LogP contribution in [0.2, 0.25) is 0 Å². The van der Waals surface area contributed by atoms with Crippen molar-refractivity contribution >= 4 is 11.5 Å². The lowest BCUT2D eigenvalue weighted by atomic mass is 9.80. The van der Waals surface area contributed by atoms with Gasteiger partial charge in [0.2, 0.25) is 0 Å². The Morgan fingerprint density at radius 1 is 1.46 bits per heavy atom. The van der Waals surface area contributed by atoms with Gasteiger partial charge in [0.1, 0.15) is 0 Å². The van der Waals surface area contributed by atoms with E-state index in [0.717, 1.165) is 5.71 Å². The van der Waals surface area contributed by atoms with Crippen molar-refractivity contribution in [1.82, 2.24) is 0 Å². The van der Waals surface area contributed by atoms with E-state index in [-0.39, 0.29) is 23.2 Å². The van der Waals surface area contributed by atoms with Crippen LogP contribution in [0.1, 0.15) is 34.6 Å². The summed E-state index contributed by atoms with van der Waals surface area (Å²) in [5.74, 6) is 0.160. The zero-order chi connectivity index (χ0) is 10.2. The first kappa shape index (κ1) is 10.2. The Balaban J connectivity index is 2.80. The van der Waals surface area contributed by atoms with Crippen molar-refractivity contribution in [3.8, 4) is 0 Å². The number of hydrogen-bond acceptors (Lipinski definition) is 3. The second-order valence-corrected chi connectivity index (χ2v) is 4.65. The highest BCUT2D eigenvalue weighted by Gasteiger charge is 2.38. The maximum Gasteiger partial charge on any atom is 0.192 e. The van der Waals surface area contributed by atoms with Crippen molar-refractivity contribution in [2.75, 3.05) is 0 Å². The molecule has 74 valence electrons. The highest BCUT2D eigenvalue weighted by molar-refractivity contribution is 5.97. The van der Waals surface area contributed by atoms with Crippen LogP contribution in [0, 0.1) is 11.3 Å². The third-order valence-electron chi connectivity index (χ3n) is 2.32. The van der Waals surface area contributed by atoms with Crippen LogP contribution in [-0.2, 0) is 9.63 Å². The van der Waals surface area contributed by atoms with Gasteiger partial charge in [0, 0.05) is 11.3 Å². The van der Waals surface area contributed by atoms with Crippen molar-refractivity contribution in [3.63, 3.8) is 0 Å². The summed E-state index contributed by atoms with van der Waals surface area (Å²) in [5.41, 5.74) is 0.969. The highest BCUT2D eigenvalue weighted by atomic mass is 16.6. The predicted molar refractivity (Wildman–Crippen MR) is 51.6 cm³/mol. The molecule has 0 saturated heterocycles. The van der Waals surface area contributed by atoms with E-state index in [1.807, 2.05) is 6.92 Å². The quantitative estimate of drug-likeness (QED) is 0.623. The van der Waals surface area contributed by atoms with Crippen LogP contribution in [0.15, 0.2) is 5.16 Å². The topological polar surface area (TPSA) is 38.7 Å². The molecular formula is C10H17NO2. The maximum atomic E-state index is 11.1. The molecular weight excluding hydrogens is 166 g/mol. The number of Topliss-reactive ketones (excluding diaryl/α,β-unsaturated/α-hetero) is 1. The average molecular weight is 183 g/mol. The Labute approximate surface area is 79.1 Å². The van der Waals surface area contributed by atoms with Gasteiger partial charge in [-0.15, -0.1) is 0 Å². The second-order valence-electron chi connectivity index (χ2n) is 4.65. The summed E-state index contributed by atoms with van der Waals surface area (Å²) in [5, 5.41) is 3.99. The van der Waals surface area contributed by atoms with Crippen LogP contribution in [0.3, 0.4) is 0 Å². The summed E-state index contributed by atoms with van der Waals surface area (Å²) in [7, 11) is 0. The number of rotatable bonds is 1. The van der Waals surface area contributed by atoms with Gasteiger partial charge in [-0.3, -0.25) is 4.79 Å². The summed E-state index contributed by atoms with van der Waals surface area (Å²) < 4.78 is 0. The van der Waals surface area contributed by atoms with E-state index in [4.69, 9.17) is 4.84 Å². The molecule has 0 aliphatic carbocycles. The molecule has 1 aliphatic heterocycles. The van der Waals surface area contributed by atoms with Crippen LogP contribution >= 0.6 is 0 Å². The standard InChI is InChI=1S/C10H17NO2/c1-6-8(7(2)12)13-11-9(6)10(3,4)5/h6,8H,1-5H3/t6-,8-/m0/s1. The third-order valence-corrected chi connectivity index (χ3v) is 2.32. The molecule has 0 fully saturated rings. The molecule has 0 spiro atoms. The fraction of sp³-hybridized carbons (Fsp3) is 0.800. The number of carbonyl (C=O) groups excluding carboxylic acids is 1. The van der Waals surface area contributed by atoms with Crippen LogP contribution in [0.4, 0.5) is 0 Å². The van der Waals surface area contributed by atoms with E-state index < -0.39 is 0 Å². The number of ketones is 1. The van der Waals surface area contributed by atoms with Gasteiger partial charge in [0.15, 0.2) is 11.9 Å². The van der Waals surface area contributed by atoms with Gasteiger partial charge in [-0.25, -0.2) is 0 Å². The minimum absolute atomic E-state index is 0.0103. The van der Waals surface area contributed by atoms with E-state index in [0.29, 0.717) is 0 Å². The minimum Gasteiger partial charge on any atom is -0.384 e. The van der Waals surface area contributed by atoms with Crippen molar-refractivity contribution in [3.05, 3.63) is 0 Å². The SMILES string of the molecule is CC(=O)[C@H]1ON=C(C(C)(C)C)[C@H]1C. The van der Waals surface area contributed by atoms with E-state index in [1.165, 1.54) is 0 Å². The Hall–Kier alpha value is -0.860. The Morgan fingerprint density at radius 2 is 2.00 bits per heavy atom. The van der Waals surface area contributed by atoms with Gasteiger partial charge < -0.3 is 4.84 Å². The molecule has 0 bridgehead atoms. The first-order valence-corrected chi connectivity index (χ1v) is 4.58. The van der Waals surface area contributed by atoms with Gasteiger partial charge in [-0.1, -0.05) is 32.9 Å². The zero-order valence-corrected chi connectivity index (χ0v) is 8.92. The van der Waals surface area contributed by atoms with E-state index in [9.17, 15) is 4.79 Å². The molecule has 0 aromatic rings. The average Bonchev–Trinajstić information content (AvgIpc) is 2.28. The first-order valence-electron chi connectivity index (χ1n) is 4.58. The van der Waals surface area contributed by atoms with Crippen molar-refractivity contribution < 1.29 is 9.63 Å². The normalized spacial score (nSPS) is 28.2. The summed E-state index contributed by atoms with van der Waals surface area (Å²) in [4.78, 5) is 16.2. The number of carbonyl (C=O) groups is 1. The van der Waals surface area contributed by atoms with E-state index in [2.05, 4.69) is 25.9 Å². The van der Waals surface area contributed by atoms with Gasteiger partial charge in [0.25, 0.3) is 0 Å². The Morgan fingerprint density at radius 3 is 2.23 bits per heavy atom. The fourth-order valence-corrected chi connectivity index (χ4v) is 1.68. The second kappa shape index (κ2) is 3.13. The Bertz CT molecular complexity index is 250. The molecule has 1 heterocycles. The highest BCUT2D eigenvalue weighted by Crippen LogP contribution is 2.30. The monoisotopic (exact) mass is 183 g/mol. The molecule has 1 rings (SSSR count). The van der Waals surface area contributed by atoms with Gasteiger partial charge in [-0.05, 0) is 6.92 Å². The molecule has 0 radical (unpaired) electrons. The van der Waals surface area contributed by atoms with Crippen LogP contribution in [0.5, 0.6) is 0 Å². The first-order chi connectivity index (χ1) is 5.84.